The van der Waals surface area contributed by atoms with Gasteiger partial charge >= 0.3 is 0 Å². The number of carbonyl (C=O) groups excluding carboxylic acids is 1. The second-order valence-corrected chi connectivity index (χ2v) is 6.72. The van der Waals surface area contributed by atoms with Crippen LogP contribution in [0.3, 0.4) is 0 Å². The summed E-state index contributed by atoms with van der Waals surface area (Å²) in [5, 5.41) is 10.4. The molecule has 2 aromatic rings. The van der Waals surface area contributed by atoms with Gasteiger partial charge in [-0.25, -0.2) is 4.98 Å². The second-order valence-electron chi connectivity index (χ2n) is 6.72. The number of aromatic nitrogens is 4. The molecule has 1 aliphatic heterocycles. The van der Waals surface area contributed by atoms with Crippen LogP contribution in [0.5, 0.6) is 0 Å². The first-order valence-corrected chi connectivity index (χ1v) is 8.68. The van der Waals surface area contributed by atoms with Crippen LogP contribution in [0.4, 0.5) is 5.82 Å². The van der Waals surface area contributed by atoms with Crippen LogP contribution in [0.25, 0.3) is 0 Å². The molecule has 0 radical (unpaired) electrons. The summed E-state index contributed by atoms with van der Waals surface area (Å²) in [7, 11) is 0. The highest BCUT2D eigenvalue weighted by atomic mass is 16.1. The molecule has 0 bridgehead atoms. The van der Waals surface area contributed by atoms with Crippen molar-refractivity contribution in [2.24, 2.45) is 0 Å². The minimum atomic E-state index is 0.0267. The number of fused-ring (bicyclic) bond motifs is 1. The second kappa shape index (κ2) is 5.83. The third-order valence-electron chi connectivity index (χ3n) is 5.13. The molecule has 0 saturated heterocycles. The molecule has 2 aliphatic rings. The fourth-order valence-corrected chi connectivity index (χ4v) is 3.58. The molecule has 1 amide bonds. The Kier molecular flexibility index (Phi) is 3.67. The van der Waals surface area contributed by atoms with Crippen molar-refractivity contribution < 1.29 is 4.79 Å². The maximum absolute atomic E-state index is 12.1. The number of anilines is 1. The van der Waals surface area contributed by atoms with E-state index in [-0.39, 0.29) is 11.8 Å². The van der Waals surface area contributed by atoms with Crippen LogP contribution in [-0.2, 0) is 11.2 Å². The Morgan fingerprint density at radius 2 is 2.22 bits per heavy atom. The van der Waals surface area contributed by atoms with E-state index in [9.17, 15) is 4.79 Å². The highest BCUT2D eigenvalue weighted by molar-refractivity contribution is 5.94. The van der Waals surface area contributed by atoms with Gasteiger partial charge in [0.25, 0.3) is 0 Å². The molecule has 1 unspecified atom stereocenters. The van der Waals surface area contributed by atoms with E-state index < -0.39 is 0 Å². The molecule has 1 atom stereocenters. The van der Waals surface area contributed by atoms with E-state index in [2.05, 4.69) is 32.4 Å². The molecule has 6 heteroatoms. The predicted molar refractivity (Wildman–Crippen MR) is 87.5 cm³/mol. The van der Waals surface area contributed by atoms with E-state index in [1.165, 1.54) is 30.5 Å². The van der Waals surface area contributed by atoms with Gasteiger partial charge in [0, 0.05) is 47.8 Å². The topological polar surface area (TPSA) is 86.5 Å². The van der Waals surface area contributed by atoms with E-state index in [0.29, 0.717) is 18.2 Å². The van der Waals surface area contributed by atoms with E-state index in [1.54, 1.807) is 0 Å². The minimum Gasteiger partial charge on any atom is -0.345 e. The summed E-state index contributed by atoms with van der Waals surface area (Å²) in [5.74, 6) is 2.35. The molecule has 0 spiro atoms. The summed E-state index contributed by atoms with van der Waals surface area (Å²) < 4.78 is 0. The molecule has 23 heavy (non-hydrogen) atoms. The molecule has 1 aliphatic carbocycles. The van der Waals surface area contributed by atoms with Crippen LogP contribution in [0, 0.1) is 0 Å². The standard InChI is InChI=1S/C17H23N5O/c1-2-3-7-13-18-9-12(19-13)11-8-14(23)20-17-15(11)16(21-22-17)10-5-4-6-10/h9-11H,2-8H2,1H3,(H,18,19)(H2,20,21,22,23). The molecular formula is C17H23N5O. The highest BCUT2D eigenvalue weighted by Gasteiger charge is 2.36. The molecule has 3 N–H and O–H groups in total. The van der Waals surface area contributed by atoms with Crippen molar-refractivity contribution in [2.75, 3.05) is 5.32 Å². The van der Waals surface area contributed by atoms with Gasteiger partial charge in [0.2, 0.25) is 5.91 Å². The first-order chi connectivity index (χ1) is 11.3. The van der Waals surface area contributed by atoms with Crippen LogP contribution >= 0.6 is 0 Å². The van der Waals surface area contributed by atoms with Crippen molar-refractivity contribution in [3.8, 4) is 0 Å². The van der Waals surface area contributed by atoms with Crippen molar-refractivity contribution >= 4 is 11.7 Å². The number of hydrogen-bond acceptors (Lipinski definition) is 3. The van der Waals surface area contributed by atoms with Gasteiger partial charge in [0.15, 0.2) is 5.82 Å². The number of unbranched alkanes of at least 4 members (excludes halogenated alkanes) is 1. The van der Waals surface area contributed by atoms with Gasteiger partial charge in [-0.2, -0.15) is 5.10 Å². The fraction of sp³-hybridized carbons (Fsp3) is 0.588. The first kappa shape index (κ1) is 14.5. The first-order valence-electron chi connectivity index (χ1n) is 8.68. The molecule has 1 fully saturated rings. The van der Waals surface area contributed by atoms with Gasteiger partial charge in [0.05, 0.1) is 0 Å². The van der Waals surface area contributed by atoms with Gasteiger partial charge in [-0.05, 0) is 19.3 Å². The molecular weight excluding hydrogens is 290 g/mol. The van der Waals surface area contributed by atoms with E-state index in [1.807, 2.05) is 6.20 Å². The summed E-state index contributed by atoms with van der Waals surface area (Å²) in [6, 6.07) is 0. The summed E-state index contributed by atoms with van der Waals surface area (Å²) >= 11 is 0. The van der Waals surface area contributed by atoms with Gasteiger partial charge in [0.1, 0.15) is 5.82 Å². The fourth-order valence-electron chi connectivity index (χ4n) is 3.58. The normalized spacial score (nSPS) is 20.9. The van der Waals surface area contributed by atoms with Crippen LogP contribution in [0.15, 0.2) is 6.20 Å². The third-order valence-corrected chi connectivity index (χ3v) is 5.13. The molecule has 122 valence electrons. The quantitative estimate of drug-likeness (QED) is 0.792. The number of carbonyl (C=O) groups is 1. The van der Waals surface area contributed by atoms with Crippen LogP contribution in [-0.4, -0.2) is 26.1 Å². The lowest BCUT2D eigenvalue weighted by atomic mass is 9.78. The van der Waals surface area contributed by atoms with Gasteiger partial charge < -0.3 is 10.3 Å². The minimum absolute atomic E-state index is 0.0267. The molecule has 6 nitrogen and oxygen atoms in total. The SMILES string of the molecule is CCCCc1ncc(C2CC(=O)Nc3n[nH]c(C4CCC4)c32)[nH]1. The van der Waals surface area contributed by atoms with Crippen molar-refractivity contribution in [1.82, 2.24) is 20.2 Å². The lowest BCUT2D eigenvalue weighted by Gasteiger charge is -2.28. The van der Waals surface area contributed by atoms with Crippen molar-refractivity contribution in [1.29, 1.82) is 0 Å². The lowest BCUT2D eigenvalue weighted by Crippen LogP contribution is -2.25. The maximum atomic E-state index is 12.1. The Balaban J connectivity index is 1.67. The smallest absolute Gasteiger partial charge is 0.226 e. The molecule has 4 rings (SSSR count). The van der Waals surface area contributed by atoms with E-state index in [0.717, 1.165) is 30.8 Å². The summed E-state index contributed by atoms with van der Waals surface area (Å²) in [4.78, 5) is 20.0. The molecule has 3 heterocycles. The van der Waals surface area contributed by atoms with E-state index in [4.69, 9.17) is 0 Å². The number of aryl methyl sites for hydroxylation is 1. The number of nitrogens with zero attached hydrogens (tertiary/aromatic N) is 2. The zero-order valence-electron chi connectivity index (χ0n) is 13.5. The van der Waals surface area contributed by atoms with Crippen molar-refractivity contribution in [3.63, 3.8) is 0 Å². The number of hydrogen-bond donors (Lipinski definition) is 3. The number of aromatic amines is 2. The average Bonchev–Trinajstić information content (AvgIpc) is 3.10. The predicted octanol–water partition coefficient (Wildman–Crippen LogP) is 3.22. The summed E-state index contributed by atoms with van der Waals surface area (Å²) in [6.45, 7) is 2.18. The van der Waals surface area contributed by atoms with Crippen LogP contribution in [0.1, 0.15) is 80.1 Å². The van der Waals surface area contributed by atoms with Crippen molar-refractivity contribution in [3.05, 3.63) is 29.0 Å². The Labute approximate surface area is 135 Å². The largest absolute Gasteiger partial charge is 0.345 e. The summed E-state index contributed by atoms with van der Waals surface area (Å²) in [6.07, 6.45) is 9.29. The van der Waals surface area contributed by atoms with Gasteiger partial charge in [-0.1, -0.05) is 19.8 Å². The van der Waals surface area contributed by atoms with Crippen molar-refractivity contribution in [2.45, 2.75) is 63.7 Å². The maximum Gasteiger partial charge on any atom is 0.226 e. The number of H-pyrrole nitrogens is 2. The molecule has 2 aromatic heterocycles. The monoisotopic (exact) mass is 313 g/mol. The zero-order chi connectivity index (χ0) is 15.8. The lowest BCUT2D eigenvalue weighted by molar-refractivity contribution is -0.116. The molecule has 1 saturated carbocycles. The average molecular weight is 313 g/mol. The Morgan fingerprint density at radius 3 is 2.96 bits per heavy atom. The van der Waals surface area contributed by atoms with Gasteiger partial charge in [-0.15, -0.1) is 0 Å². The molecule has 0 aromatic carbocycles. The number of rotatable bonds is 5. The summed E-state index contributed by atoms with van der Waals surface area (Å²) in [5.41, 5.74) is 3.41. The third kappa shape index (κ3) is 2.56. The number of imidazole rings is 1. The zero-order valence-corrected chi connectivity index (χ0v) is 13.5. The van der Waals surface area contributed by atoms with E-state index >= 15 is 0 Å². The van der Waals surface area contributed by atoms with Crippen LogP contribution in [0.2, 0.25) is 0 Å². The number of nitrogens with one attached hydrogen (secondary N) is 3. The highest BCUT2D eigenvalue weighted by Crippen LogP contribution is 2.45. The Morgan fingerprint density at radius 1 is 1.35 bits per heavy atom. The van der Waals surface area contributed by atoms with Crippen LogP contribution < -0.4 is 5.32 Å². The Bertz CT molecular complexity index is 712. The number of amides is 1. The van der Waals surface area contributed by atoms with Gasteiger partial charge in [-0.3, -0.25) is 9.89 Å². The Hall–Kier alpha value is -2.11.